The van der Waals surface area contributed by atoms with Crippen molar-refractivity contribution in [1.82, 2.24) is 20.1 Å². The Morgan fingerprint density at radius 2 is 1.62 bits per heavy atom. The maximum atomic E-state index is 13.3. The van der Waals surface area contributed by atoms with Gasteiger partial charge in [0.2, 0.25) is 11.8 Å². The fraction of sp³-hybridized carbons (Fsp3) is 0.323. The first-order chi connectivity index (χ1) is 19.5. The molecule has 1 atom stereocenters. The Balaban J connectivity index is 1.06. The summed E-state index contributed by atoms with van der Waals surface area (Å²) in [6.07, 6.45) is 4.32. The van der Waals surface area contributed by atoms with Crippen LogP contribution in [-0.4, -0.2) is 57.5 Å². The molecule has 0 spiro atoms. The summed E-state index contributed by atoms with van der Waals surface area (Å²) >= 11 is 0. The van der Waals surface area contributed by atoms with Gasteiger partial charge in [0.15, 0.2) is 0 Å². The van der Waals surface area contributed by atoms with E-state index in [2.05, 4.69) is 56.9 Å². The van der Waals surface area contributed by atoms with Gasteiger partial charge in [0.05, 0.1) is 11.1 Å². The van der Waals surface area contributed by atoms with Gasteiger partial charge in [0, 0.05) is 43.0 Å². The molecule has 2 aromatic carbocycles. The summed E-state index contributed by atoms with van der Waals surface area (Å²) < 4.78 is 0. The van der Waals surface area contributed by atoms with Crippen molar-refractivity contribution < 1.29 is 19.2 Å². The lowest BCUT2D eigenvalue weighted by Crippen LogP contribution is -2.54. The number of hydrogen-bond donors (Lipinski definition) is 2. The molecule has 2 saturated heterocycles. The second-order valence-electron chi connectivity index (χ2n) is 10.7. The van der Waals surface area contributed by atoms with Crippen molar-refractivity contribution in [3.05, 3.63) is 94.8 Å². The van der Waals surface area contributed by atoms with Crippen LogP contribution >= 0.6 is 0 Å². The lowest BCUT2D eigenvalue weighted by Gasteiger charge is -2.31. The highest BCUT2D eigenvalue weighted by atomic mass is 16.2. The first-order valence-electron chi connectivity index (χ1n) is 13.8. The SMILES string of the molecule is O=C1CCC(N2C(=O)c3cccc(NCc4ccc(CN5CCC(c6ccccn6)CC5)cc4)c3C2=O)C(=O)N1. The fourth-order valence-electron chi connectivity index (χ4n) is 5.88. The molecule has 0 saturated carbocycles. The summed E-state index contributed by atoms with van der Waals surface area (Å²) in [5.41, 5.74) is 4.57. The fourth-order valence-corrected chi connectivity index (χ4v) is 5.88. The molecule has 9 nitrogen and oxygen atoms in total. The van der Waals surface area contributed by atoms with E-state index >= 15 is 0 Å². The first kappa shape index (κ1) is 25.9. The molecule has 204 valence electrons. The van der Waals surface area contributed by atoms with Crippen LogP contribution in [0.15, 0.2) is 66.9 Å². The molecule has 9 heteroatoms. The average Bonchev–Trinajstić information content (AvgIpc) is 3.23. The van der Waals surface area contributed by atoms with Gasteiger partial charge in [-0.25, -0.2) is 0 Å². The average molecular weight is 538 g/mol. The Bertz CT molecular complexity index is 1450. The van der Waals surface area contributed by atoms with E-state index in [0.29, 0.717) is 18.2 Å². The van der Waals surface area contributed by atoms with Crippen molar-refractivity contribution in [3.8, 4) is 0 Å². The third kappa shape index (κ3) is 5.12. The highest BCUT2D eigenvalue weighted by Gasteiger charge is 2.45. The molecule has 3 aliphatic rings. The maximum Gasteiger partial charge on any atom is 0.264 e. The number of aromatic nitrogens is 1. The van der Waals surface area contributed by atoms with Crippen LogP contribution in [0.25, 0.3) is 0 Å². The van der Waals surface area contributed by atoms with E-state index in [1.54, 1.807) is 18.2 Å². The number of pyridine rings is 1. The number of nitrogens with one attached hydrogen (secondary N) is 2. The molecule has 0 aliphatic carbocycles. The number of fused-ring (bicyclic) bond motifs is 1. The van der Waals surface area contributed by atoms with Gasteiger partial charge in [-0.2, -0.15) is 0 Å². The zero-order valence-electron chi connectivity index (χ0n) is 22.1. The number of anilines is 1. The number of imide groups is 2. The van der Waals surface area contributed by atoms with Crippen LogP contribution in [0.5, 0.6) is 0 Å². The lowest BCUT2D eigenvalue weighted by molar-refractivity contribution is -0.136. The zero-order valence-corrected chi connectivity index (χ0v) is 22.1. The highest BCUT2D eigenvalue weighted by molar-refractivity contribution is 6.25. The van der Waals surface area contributed by atoms with E-state index in [1.165, 1.54) is 11.3 Å². The van der Waals surface area contributed by atoms with E-state index in [1.807, 2.05) is 12.3 Å². The summed E-state index contributed by atoms with van der Waals surface area (Å²) in [4.78, 5) is 58.2. The Hall–Kier alpha value is -4.37. The predicted octanol–water partition coefficient (Wildman–Crippen LogP) is 3.47. The van der Waals surface area contributed by atoms with E-state index in [-0.39, 0.29) is 24.0 Å². The Kier molecular flexibility index (Phi) is 7.13. The minimum atomic E-state index is -0.980. The lowest BCUT2D eigenvalue weighted by atomic mass is 9.93. The number of hydrogen-bond acceptors (Lipinski definition) is 7. The van der Waals surface area contributed by atoms with Crippen LogP contribution in [0.4, 0.5) is 5.69 Å². The monoisotopic (exact) mass is 537 g/mol. The normalized spacial score (nSPS) is 20.0. The van der Waals surface area contributed by atoms with Crippen LogP contribution in [0.1, 0.15) is 69.1 Å². The molecule has 2 N–H and O–H groups in total. The second kappa shape index (κ2) is 11.0. The zero-order chi connectivity index (χ0) is 27.6. The Morgan fingerprint density at radius 1 is 0.850 bits per heavy atom. The van der Waals surface area contributed by atoms with E-state index < -0.39 is 29.7 Å². The molecule has 1 aromatic heterocycles. The quantitative estimate of drug-likeness (QED) is 0.444. The van der Waals surface area contributed by atoms with Crippen molar-refractivity contribution in [2.24, 2.45) is 0 Å². The molecular weight excluding hydrogens is 506 g/mol. The predicted molar refractivity (Wildman–Crippen MR) is 148 cm³/mol. The van der Waals surface area contributed by atoms with Crippen LogP contribution in [0, 0.1) is 0 Å². The summed E-state index contributed by atoms with van der Waals surface area (Å²) in [6.45, 7) is 3.48. The van der Waals surface area contributed by atoms with Crippen molar-refractivity contribution in [2.45, 2.75) is 50.7 Å². The van der Waals surface area contributed by atoms with Gasteiger partial charge < -0.3 is 5.32 Å². The molecule has 4 heterocycles. The number of likely N-dealkylation sites (tertiary alicyclic amines) is 1. The number of carbonyl (C=O) groups excluding carboxylic acids is 4. The highest BCUT2D eigenvalue weighted by Crippen LogP contribution is 2.33. The molecule has 1 unspecified atom stereocenters. The molecule has 3 aromatic rings. The Morgan fingerprint density at radius 3 is 2.35 bits per heavy atom. The maximum absolute atomic E-state index is 13.3. The van der Waals surface area contributed by atoms with Crippen molar-refractivity contribution >= 4 is 29.3 Å². The van der Waals surface area contributed by atoms with E-state index in [0.717, 1.165) is 42.9 Å². The largest absolute Gasteiger partial charge is 0.380 e. The Labute approximate surface area is 232 Å². The number of piperidine rings is 2. The van der Waals surface area contributed by atoms with Crippen molar-refractivity contribution in [3.63, 3.8) is 0 Å². The number of nitrogens with zero attached hydrogens (tertiary/aromatic N) is 3. The van der Waals surface area contributed by atoms with Crippen LogP contribution in [0.3, 0.4) is 0 Å². The summed E-state index contributed by atoms with van der Waals surface area (Å²) in [5.74, 6) is -1.50. The van der Waals surface area contributed by atoms with Gasteiger partial charge in [-0.3, -0.25) is 39.3 Å². The second-order valence-corrected chi connectivity index (χ2v) is 10.7. The molecule has 3 aliphatic heterocycles. The molecule has 2 fully saturated rings. The van der Waals surface area contributed by atoms with Gasteiger partial charge in [-0.05, 0) is 67.7 Å². The van der Waals surface area contributed by atoms with Gasteiger partial charge >= 0.3 is 0 Å². The van der Waals surface area contributed by atoms with E-state index in [9.17, 15) is 19.2 Å². The summed E-state index contributed by atoms with van der Waals surface area (Å²) in [6, 6.07) is 18.7. The number of rotatable bonds is 7. The topological polar surface area (TPSA) is 112 Å². The summed E-state index contributed by atoms with van der Waals surface area (Å²) in [7, 11) is 0. The van der Waals surface area contributed by atoms with Gasteiger partial charge in [0.1, 0.15) is 6.04 Å². The van der Waals surface area contributed by atoms with Gasteiger partial charge in [0.25, 0.3) is 11.8 Å². The van der Waals surface area contributed by atoms with Gasteiger partial charge in [-0.15, -0.1) is 0 Å². The molecule has 0 radical (unpaired) electrons. The van der Waals surface area contributed by atoms with Gasteiger partial charge in [-0.1, -0.05) is 36.4 Å². The first-order valence-corrected chi connectivity index (χ1v) is 13.8. The minimum absolute atomic E-state index is 0.0916. The van der Waals surface area contributed by atoms with Crippen LogP contribution in [-0.2, 0) is 22.7 Å². The molecule has 6 rings (SSSR count). The standard InChI is InChI=1S/C31H31N5O4/c37-27-12-11-26(29(38)34-27)36-30(39)23-4-3-6-25(28(23)31(36)40)33-18-20-7-9-21(10-8-20)19-35-16-13-22(14-17-35)24-5-1-2-15-32-24/h1-10,15,22,26,33H,11-14,16-19H2,(H,34,37,38). The molecule has 0 bridgehead atoms. The number of benzene rings is 2. The van der Waals surface area contributed by atoms with Crippen molar-refractivity contribution in [1.29, 1.82) is 0 Å². The molecular formula is C31H31N5O4. The number of amides is 4. The third-order valence-electron chi connectivity index (χ3n) is 8.07. The van der Waals surface area contributed by atoms with E-state index in [4.69, 9.17) is 0 Å². The molecule has 40 heavy (non-hydrogen) atoms. The van der Waals surface area contributed by atoms with Crippen molar-refractivity contribution in [2.75, 3.05) is 18.4 Å². The smallest absolute Gasteiger partial charge is 0.264 e. The summed E-state index contributed by atoms with van der Waals surface area (Å²) in [5, 5.41) is 5.53. The van der Waals surface area contributed by atoms with Crippen LogP contribution in [0.2, 0.25) is 0 Å². The molecule has 4 amide bonds. The number of carbonyl (C=O) groups is 4. The third-order valence-corrected chi connectivity index (χ3v) is 8.07. The minimum Gasteiger partial charge on any atom is -0.380 e. The van der Waals surface area contributed by atoms with Crippen LogP contribution < -0.4 is 10.6 Å².